The maximum atomic E-state index is 11.9. The zero-order valence-electron chi connectivity index (χ0n) is 10.4. The minimum Gasteiger partial charge on any atom is -0.376 e. The van der Waals surface area contributed by atoms with E-state index in [1.165, 1.54) is 12.8 Å². The second-order valence-electron chi connectivity index (χ2n) is 5.48. The van der Waals surface area contributed by atoms with Gasteiger partial charge in [0.15, 0.2) is 0 Å². The predicted octanol–water partition coefficient (Wildman–Crippen LogP) is 0.374. The van der Waals surface area contributed by atoms with Crippen LogP contribution in [-0.2, 0) is 15.5 Å². The number of urea groups is 1. The van der Waals surface area contributed by atoms with E-state index in [0.29, 0.717) is 17.4 Å². The molecule has 3 fully saturated rings. The average molecular weight is 272 g/mol. The number of nitrogens with one attached hydrogen (secondary N) is 2. The van der Waals surface area contributed by atoms with Gasteiger partial charge in [-0.15, -0.1) is 0 Å². The van der Waals surface area contributed by atoms with E-state index in [9.17, 15) is 9.00 Å². The molecule has 0 radical (unpaired) electrons. The summed E-state index contributed by atoms with van der Waals surface area (Å²) in [4.78, 5) is 11.9. The summed E-state index contributed by atoms with van der Waals surface area (Å²) in [5, 5.41) is 5.94. The second kappa shape index (κ2) is 5.17. The molecular formula is C12H20N2O3S. The molecule has 2 aliphatic heterocycles. The van der Waals surface area contributed by atoms with Gasteiger partial charge in [-0.05, 0) is 31.6 Å². The second-order valence-corrected chi connectivity index (χ2v) is 7.10. The third-order valence-corrected chi connectivity index (χ3v) is 5.42. The molecule has 102 valence electrons. The van der Waals surface area contributed by atoms with Gasteiger partial charge in [0, 0.05) is 35.0 Å². The monoisotopic (exact) mass is 272 g/mol. The molecule has 5 nitrogen and oxygen atoms in total. The van der Waals surface area contributed by atoms with Crippen LogP contribution >= 0.6 is 0 Å². The Hall–Kier alpha value is -0.620. The van der Waals surface area contributed by atoms with Crippen LogP contribution in [0.15, 0.2) is 0 Å². The van der Waals surface area contributed by atoms with E-state index in [1.54, 1.807) is 0 Å². The molecule has 18 heavy (non-hydrogen) atoms. The molecule has 2 heterocycles. The van der Waals surface area contributed by atoms with Crippen molar-refractivity contribution < 1.29 is 13.7 Å². The summed E-state index contributed by atoms with van der Waals surface area (Å²) in [5.41, 5.74) is 0. The van der Waals surface area contributed by atoms with E-state index in [0.717, 1.165) is 19.4 Å². The molecule has 6 heteroatoms. The number of carbonyl (C=O) groups excluding carboxylic acids is 1. The first-order chi connectivity index (χ1) is 8.72. The Bertz CT molecular complexity index is 359. The fourth-order valence-electron chi connectivity index (χ4n) is 2.83. The van der Waals surface area contributed by atoms with E-state index in [1.807, 2.05) is 0 Å². The molecule has 3 rings (SSSR count). The summed E-state index contributed by atoms with van der Waals surface area (Å²) in [6.45, 7) is 0.750. The van der Waals surface area contributed by atoms with Crippen LogP contribution in [0.5, 0.6) is 0 Å². The van der Waals surface area contributed by atoms with Crippen LogP contribution in [0.2, 0.25) is 0 Å². The topological polar surface area (TPSA) is 67.4 Å². The Morgan fingerprint density at radius 2 is 2.00 bits per heavy atom. The van der Waals surface area contributed by atoms with Gasteiger partial charge in [0.25, 0.3) is 0 Å². The molecule has 3 aliphatic rings. The normalized spacial score (nSPS) is 39.8. The average Bonchev–Trinajstić information content (AvgIpc) is 2.94. The van der Waals surface area contributed by atoms with Crippen molar-refractivity contribution in [3.63, 3.8) is 0 Å². The molecule has 0 aromatic carbocycles. The largest absolute Gasteiger partial charge is 0.376 e. The van der Waals surface area contributed by atoms with Crippen molar-refractivity contribution in [3.8, 4) is 0 Å². The molecule has 0 aromatic heterocycles. The van der Waals surface area contributed by atoms with Crippen LogP contribution < -0.4 is 10.6 Å². The highest BCUT2D eigenvalue weighted by Gasteiger charge is 2.41. The quantitative estimate of drug-likeness (QED) is 0.780. The van der Waals surface area contributed by atoms with Crippen molar-refractivity contribution in [2.75, 3.05) is 18.1 Å². The highest BCUT2D eigenvalue weighted by Crippen LogP contribution is 2.38. The molecule has 2 N–H and O–H groups in total. The van der Waals surface area contributed by atoms with Crippen molar-refractivity contribution in [3.05, 3.63) is 0 Å². The van der Waals surface area contributed by atoms with Gasteiger partial charge in [0.05, 0.1) is 12.1 Å². The van der Waals surface area contributed by atoms with Gasteiger partial charge < -0.3 is 15.4 Å². The number of hydrogen-bond donors (Lipinski definition) is 2. The molecule has 0 aromatic rings. The smallest absolute Gasteiger partial charge is 0.315 e. The predicted molar refractivity (Wildman–Crippen MR) is 68.8 cm³/mol. The first-order valence-electron chi connectivity index (χ1n) is 6.76. The standard InChI is InChI=1S/C12H20N2O3S/c15-12(13-9-4-6-18(16)7-9)14-10-3-5-17-11(10)8-1-2-8/h8-11H,1-7H2,(H2,13,14,15). The fourth-order valence-corrected chi connectivity index (χ4v) is 4.24. The van der Waals surface area contributed by atoms with Crippen molar-refractivity contribution in [1.29, 1.82) is 0 Å². The van der Waals surface area contributed by atoms with E-state index in [2.05, 4.69) is 10.6 Å². The van der Waals surface area contributed by atoms with E-state index < -0.39 is 10.8 Å². The SMILES string of the molecule is O=C(NC1CCS(=O)C1)NC1CCOC1C1CC1. The third kappa shape index (κ3) is 2.85. The van der Waals surface area contributed by atoms with Crippen LogP contribution in [-0.4, -0.2) is 46.5 Å². The Morgan fingerprint density at radius 3 is 2.67 bits per heavy atom. The molecular weight excluding hydrogens is 252 g/mol. The summed E-state index contributed by atoms with van der Waals surface area (Å²) >= 11 is 0. The summed E-state index contributed by atoms with van der Waals surface area (Å²) in [6.07, 6.45) is 4.41. The lowest BCUT2D eigenvalue weighted by atomic mass is 10.1. The van der Waals surface area contributed by atoms with Gasteiger partial charge in [-0.1, -0.05) is 0 Å². The Kier molecular flexibility index (Phi) is 3.56. The van der Waals surface area contributed by atoms with Gasteiger partial charge >= 0.3 is 6.03 Å². The molecule has 4 atom stereocenters. The Balaban J connectivity index is 1.46. The molecule has 2 saturated heterocycles. The van der Waals surface area contributed by atoms with E-state index in [-0.39, 0.29) is 24.2 Å². The first kappa shape index (κ1) is 12.4. The summed E-state index contributed by atoms with van der Waals surface area (Å²) < 4.78 is 16.9. The number of hydrogen-bond acceptors (Lipinski definition) is 3. The molecule has 2 amide bonds. The summed E-state index contributed by atoms with van der Waals surface area (Å²) in [6, 6.07) is 0.108. The number of ether oxygens (including phenoxy) is 1. The summed E-state index contributed by atoms with van der Waals surface area (Å²) in [7, 11) is -0.745. The van der Waals surface area contributed by atoms with Gasteiger partial charge in [-0.2, -0.15) is 0 Å². The third-order valence-electron chi connectivity index (χ3n) is 3.96. The van der Waals surface area contributed by atoms with Crippen LogP contribution in [0.25, 0.3) is 0 Å². The maximum absolute atomic E-state index is 11.9. The molecule has 1 aliphatic carbocycles. The molecule has 0 spiro atoms. The lowest BCUT2D eigenvalue weighted by molar-refractivity contribution is 0.0824. The van der Waals surface area contributed by atoms with Gasteiger partial charge in [0.2, 0.25) is 0 Å². The highest BCUT2D eigenvalue weighted by molar-refractivity contribution is 7.85. The van der Waals surface area contributed by atoms with Crippen LogP contribution in [0.1, 0.15) is 25.7 Å². The lowest BCUT2D eigenvalue weighted by Crippen LogP contribution is -2.49. The van der Waals surface area contributed by atoms with Crippen LogP contribution in [0, 0.1) is 5.92 Å². The Labute approximate surface area is 109 Å². The fraction of sp³-hybridized carbons (Fsp3) is 0.917. The first-order valence-corrected chi connectivity index (χ1v) is 8.25. The zero-order valence-corrected chi connectivity index (χ0v) is 11.2. The maximum Gasteiger partial charge on any atom is 0.315 e. The van der Waals surface area contributed by atoms with E-state index in [4.69, 9.17) is 4.74 Å². The Morgan fingerprint density at radius 1 is 1.17 bits per heavy atom. The highest BCUT2D eigenvalue weighted by atomic mass is 32.2. The number of carbonyl (C=O) groups is 1. The van der Waals surface area contributed by atoms with Crippen LogP contribution in [0.4, 0.5) is 4.79 Å². The van der Waals surface area contributed by atoms with Gasteiger partial charge in [-0.3, -0.25) is 4.21 Å². The zero-order chi connectivity index (χ0) is 12.5. The van der Waals surface area contributed by atoms with Gasteiger partial charge in [0.1, 0.15) is 0 Å². The summed E-state index contributed by atoms with van der Waals surface area (Å²) in [5.74, 6) is 1.96. The van der Waals surface area contributed by atoms with Gasteiger partial charge in [-0.25, -0.2) is 4.79 Å². The molecule has 4 unspecified atom stereocenters. The van der Waals surface area contributed by atoms with E-state index >= 15 is 0 Å². The minimum atomic E-state index is -0.745. The van der Waals surface area contributed by atoms with Crippen molar-refractivity contribution in [2.45, 2.75) is 43.9 Å². The lowest BCUT2D eigenvalue weighted by Gasteiger charge is -2.21. The minimum absolute atomic E-state index is 0.0764. The van der Waals surface area contributed by atoms with Crippen molar-refractivity contribution in [1.82, 2.24) is 10.6 Å². The molecule has 0 bridgehead atoms. The number of rotatable bonds is 3. The van der Waals surface area contributed by atoms with Crippen molar-refractivity contribution >= 4 is 16.8 Å². The molecule has 1 saturated carbocycles. The van der Waals surface area contributed by atoms with Crippen LogP contribution in [0.3, 0.4) is 0 Å². The number of amides is 2. The van der Waals surface area contributed by atoms with Crippen molar-refractivity contribution in [2.24, 2.45) is 5.92 Å².